The van der Waals surface area contributed by atoms with Gasteiger partial charge in [-0.3, -0.25) is 0 Å². The molecular formula is C9H14O2. The van der Waals surface area contributed by atoms with Gasteiger partial charge in [-0.2, -0.15) is 0 Å². The van der Waals surface area contributed by atoms with Crippen LogP contribution in [0.3, 0.4) is 0 Å². The standard InChI is InChI=1S/C9H14O2/c10-4-8-6-1-2-7(3-6)9(8)5-11/h1-2,6-11H,3-5H2/t6-,7?,8?,9?/m1/s1. The molecule has 0 spiro atoms. The number of rotatable bonds is 2. The van der Waals surface area contributed by atoms with Gasteiger partial charge in [0.05, 0.1) is 0 Å². The van der Waals surface area contributed by atoms with Crippen LogP contribution in [0.5, 0.6) is 0 Å². The minimum absolute atomic E-state index is 0.233. The zero-order chi connectivity index (χ0) is 7.84. The van der Waals surface area contributed by atoms with Crippen LogP contribution in [0.15, 0.2) is 12.2 Å². The van der Waals surface area contributed by atoms with Crippen molar-refractivity contribution in [2.75, 3.05) is 13.2 Å². The van der Waals surface area contributed by atoms with Gasteiger partial charge in [0.1, 0.15) is 0 Å². The normalized spacial score (nSPS) is 47.1. The number of hydrogen-bond acceptors (Lipinski definition) is 2. The van der Waals surface area contributed by atoms with Crippen molar-refractivity contribution >= 4 is 0 Å². The molecule has 11 heavy (non-hydrogen) atoms. The highest BCUT2D eigenvalue weighted by atomic mass is 16.3. The van der Waals surface area contributed by atoms with Gasteiger partial charge in [0, 0.05) is 13.2 Å². The molecule has 1 saturated carbocycles. The summed E-state index contributed by atoms with van der Waals surface area (Å²) >= 11 is 0. The lowest BCUT2D eigenvalue weighted by Crippen LogP contribution is -2.25. The number of fused-ring (bicyclic) bond motifs is 2. The maximum absolute atomic E-state index is 9.04. The van der Waals surface area contributed by atoms with Crippen LogP contribution in [0.25, 0.3) is 0 Å². The van der Waals surface area contributed by atoms with Crippen LogP contribution in [0, 0.1) is 23.7 Å². The third kappa shape index (κ3) is 0.932. The molecule has 0 aromatic heterocycles. The fourth-order valence-electron chi connectivity index (χ4n) is 2.57. The first-order valence-corrected chi connectivity index (χ1v) is 4.27. The van der Waals surface area contributed by atoms with Crippen LogP contribution >= 0.6 is 0 Å². The first-order chi connectivity index (χ1) is 5.36. The molecule has 2 nitrogen and oxygen atoms in total. The number of aliphatic hydroxyl groups is 2. The van der Waals surface area contributed by atoms with Crippen LogP contribution in [-0.2, 0) is 0 Å². The maximum Gasteiger partial charge on any atom is 0.0468 e. The van der Waals surface area contributed by atoms with Crippen LogP contribution in [0.2, 0.25) is 0 Å². The molecule has 62 valence electrons. The summed E-state index contributed by atoms with van der Waals surface area (Å²) in [6, 6.07) is 0. The predicted molar refractivity (Wildman–Crippen MR) is 41.9 cm³/mol. The topological polar surface area (TPSA) is 40.5 Å². The fraction of sp³-hybridized carbons (Fsp3) is 0.778. The van der Waals surface area contributed by atoms with Gasteiger partial charge < -0.3 is 10.2 Å². The lowest BCUT2D eigenvalue weighted by atomic mass is 9.84. The number of hydrogen-bond donors (Lipinski definition) is 2. The van der Waals surface area contributed by atoms with Crippen molar-refractivity contribution in [3.63, 3.8) is 0 Å². The molecular weight excluding hydrogens is 140 g/mol. The van der Waals surface area contributed by atoms with Crippen molar-refractivity contribution in [3.8, 4) is 0 Å². The predicted octanol–water partition coefficient (Wildman–Crippen LogP) is 0.409. The van der Waals surface area contributed by atoms with E-state index in [0.717, 1.165) is 6.42 Å². The molecule has 0 aromatic rings. The van der Waals surface area contributed by atoms with Crippen molar-refractivity contribution < 1.29 is 10.2 Å². The molecule has 3 unspecified atom stereocenters. The Balaban J connectivity index is 2.15. The number of aliphatic hydroxyl groups excluding tert-OH is 2. The summed E-state index contributed by atoms with van der Waals surface area (Å²) in [5.74, 6) is 1.74. The number of allylic oxidation sites excluding steroid dienone is 2. The van der Waals surface area contributed by atoms with E-state index in [0.29, 0.717) is 23.7 Å². The lowest BCUT2D eigenvalue weighted by Gasteiger charge is -2.23. The van der Waals surface area contributed by atoms with Crippen LogP contribution in [0.1, 0.15) is 6.42 Å². The summed E-state index contributed by atoms with van der Waals surface area (Å²) in [5, 5.41) is 18.1. The van der Waals surface area contributed by atoms with E-state index in [1.54, 1.807) is 0 Å². The summed E-state index contributed by atoms with van der Waals surface area (Å²) in [6.45, 7) is 0.466. The Hall–Kier alpha value is -0.340. The van der Waals surface area contributed by atoms with Crippen molar-refractivity contribution in [2.45, 2.75) is 6.42 Å². The molecule has 2 heteroatoms. The largest absolute Gasteiger partial charge is 0.396 e. The van der Waals surface area contributed by atoms with Crippen LogP contribution in [-0.4, -0.2) is 23.4 Å². The summed E-state index contributed by atoms with van der Waals surface area (Å²) in [6.07, 6.45) is 5.53. The van der Waals surface area contributed by atoms with E-state index in [1.807, 2.05) is 0 Å². The zero-order valence-corrected chi connectivity index (χ0v) is 6.48. The smallest absolute Gasteiger partial charge is 0.0468 e. The van der Waals surface area contributed by atoms with E-state index in [-0.39, 0.29) is 13.2 Å². The molecule has 0 aromatic carbocycles. The summed E-state index contributed by atoms with van der Waals surface area (Å²) in [7, 11) is 0. The molecule has 0 aliphatic heterocycles. The van der Waals surface area contributed by atoms with E-state index in [4.69, 9.17) is 10.2 Å². The average Bonchev–Trinajstić information content (AvgIpc) is 2.60. The highest BCUT2D eigenvalue weighted by Crippen LogP contribution is 2.47. The Morgan fingerprint density at radius 3 is 1.82 bits per heavy atom. The molecule has 2 bridgehead atoms. The Kier molecular flexibility index (Phi) is 1.74. The summed E-state index contributed by atoms with van der Waals surface area (Å²) in [4.78, 5) is 0. The van der Waals surface area contributed by atoms with Gasteiger partial charge in [0.25, 0.3) is 0 Å². The van der Waals surface area contributed by atoms with Gasteiger partial charge in [-0.05, 0) is 30.1 Å². The first-order valence-electron chi connectivity index (χ1n) is 4.27. The molecule has 0 radical (unpaired) electrons. The fourth-order valence-corrected chi connectivity index (χ4v) is 2.57. The van der Waals surface area contributed by atoms with E-state index < -0.39 is 0 Å². The van der Waals surface area contributed by atoms with E-state index in [1.165, 1.54) is 0 Å². The second-order valence-corrected chi connectivity index (χ2v) is 3.64. The Morgan fingerprint density at radius 2 is 1.45 bits per heavy atom. The molecule has 2 rings (SSSR count). The Labute approximate surface area is 66.5 Å². The van der Waals surface area contributed by atoms with Crippen molar-refractivity contribution in [2.24, 2.45) is 23.7 Å². The minimum Gasteiger partial charge on any atom is -0.396 e. The van der Waals surface area contributed by atoms with Gasteiger partial charge in [0.15, 0.2) is 0 Å². The summed E-state index contributed by atoms with van der Waals surface area (Å²) < 4.78 is 0. The first kappa shape index (κ1) is 7.32. The maximum atomic E-state index is 9.04. The molecule has 2 aliphatic carbocycles. The van der Waals surface area contributed by atoms with E-state index in [2.05, 4.69) is 12.2 Å². The monoisotopic (exact) mass is 154 g/mol. The molecule has 0 amide bonds. The minimum atomic E-state index is 0.233. The van der Waals surface area contributed by atoms with E-state index >= 15 is 0 Å². The van der Waals surface area contributed by atoms with Crippen molar-refractivity contribution in [3.05, 3.63) is 12.2 Å². The third-order valence-electron chi connectivity index (χ3n) is 3.22. The summed E-state index contributed by atoms with van der Waals surface area (Å²) in [5.41, 5.74) is 0. The zero-order valence-electron chi connectivity index (χ0n) is 6.48. The Morgan fingerprint density at radius 1 is 1.00 bits per heavy atom. The van der Waals surface area contributed by atoms with Crippen molar-refractivity contribution in [1.82, 2.24) is 0 Å². The quantitative estimate of drug-likeness (QED) is 0.565. The molecule has 1 fully saturated rings. The van der Waals surface area contributed by atoms with Crippen molar-refractivity contribution in [1.29, 1.82) is 0 Å². The lowest BCUT2D eigenvalue weighted by molar-refractivity contribution is 0.112. The van der Waals surface area contributed by atoms with Gasteiger partial charge in [-0.15, -0.1) is 0 Å². The molecule has 2 N–H and O–H groups in total. The highest BCUT2D eigenvalue weighted by Gasteiger charge is 2.43. The van der Waals surface area contributed by atoms with Crippen LogP contribution < -0.4 is 0 Å². The van der Waals surface area contributed by atoms with E-state index in [9.17, 15) is 0 Å². The van der Waals surface area contributed by atoms with Gasteiger partial charge in [-0.1, -0.05) is 12.2 Å². The Bertz CT molecular complexity index is 158. The van der Waals surface area contributed by atoms with Gasteiger partial charge >= 0.3 is 0 Å². The van der Waals surface area contributed by atoms with Gasteiger partial charge in [-0.25, -0.2) is 0 Å². The second kappa shape index (κ2) is 2.61. The average molecular weight is 154 g/mol. The SMILES string of the molecule is OCC1C2C=C[C@H](C2)C1CO. The molecule has 2 aliphatic rings. The third-order valence-corrected chi connectivity index (χ3v) is 3.22. The highest BCUT2D eigenvalue weighted by molar-refractivity contribution is 5.13. The van der Waals surface area contributed by atoms with Gasteiger partial charge in [0.2, 0.25) is 0 Å². The second-order valence-electron chi connectivity index (χ2n) is 3.64. The molecule has 0 heterocycles. The van der Waals surface area contributed by atoms with Crippen LogP contribution in [0.4, 0.5) is 0 Å². The molecule has 4 atom stereocenters. The molecule has 0 saturated heterocycles.